The van der Waals surface area contributed by atoms with Crippen molar-refractivity contribution in [3.63, 3.8) is 0 Å². The molecule has 4 unspecified atom stereocenters. The summed E-state index contributed by atoms with van der Waals surface area (Å²) in [6, 6.07) is 0.158. The average Bonchev–Trinajstić information content (AvgIpc) is 2.56. The molecule has 0 spiro atoms. The van der Waals surface area contributed by atoms with E-state index in [1.165, 1.54) is 0 Å². The molecule has 0 saturated carbocycles. The minimum absolute atomic E-state index is 0.0651. The lowest BCUT2D eigenvalue weighted by molar-refractivity contribution is -0.169. The van der Waals surface area contributed by atoms with Crippen LogP contribution in [0.3, 0.4) is 0 Å². The minimum atomic E-state index is -0.474. The van der Waals surface area contributed by atoms with Crippen molar-refractivity contribution in [1.82, 2.24) is 4.90 Å². The molecule has 3 saturated heterocycles. The molecule has 3 aliphatic heterocycles. The van der Waals surface area contributed by atoms with Gasteiger partial charge in [0.25, 0.3) is 0 Å². The van der Waals surface area contributed by atoms with Crippen LogP contribution in [-0.2, 0) is 9.47 Å². The third-order valence-electron chi connectivity index (χ3n) is 3.73. The van der Waals surface area contributed by atoms with Crippen LogP contribution in [0.4, 0.5) is 0 Å². The largest absolute Gasteiger partial charge is 0.391 e. The Bertz CT molecular complexity index is 269. The quantitative estimate of drug-likeness (QED) is 0.630. The summed E-state index contributed by atoms with van der Waals surface area (Å²) in [7, 11) is 0. The fourth-order valence-corrected chi connectivity index (χ4v) is 3.23. The van der Waals surface area contributed by atoms with Crippen molar-refractivity contribution in [2.24, 2.45) is 0 Å². The van der Waals surface area contributed by atoms with Crippen molar-refractivity contribution >= 4 is 0 Å². The molecule has 3 fully saturated rings. The zero-order valence-corrected chi connectivity index (χ0v) is 9.35. The molecule has 0 aromatic rings. The Balaban J connectivity index is 1.81. The Hall–Kier alpha value is -0.160. The van der Waals surface area contributed by atoms with Crippen LogP contribution in [0, 0.1) is 0 Å². The van der Waals surface area contributed by atoms with E-state index in [0.29, 0.717) is 0 Å². The molecule has 4 heteroatoms. The van der Waals surface area contributed by atoms with Gasteiger partial charge in [-0.25, -0.2) is 0 Å². The molecule has 15 heavy (non-hydrogen) atoms. The number of hydrogen-bond donors (Lipinski definition) is 1. The predicted molar refractivity (Wildman–Crippen MR) is 54.4 cm³/mol. The van der Waals surface area contributed by atoms with E-state index in [-0.39, 0.29) is 24.4 Å². The first kappa shape index (κ1) is 10.0. The Morgan fingerprint density at radius 2 is 2.13 bits per heavy atom. The monoisotopic (exact) mass is 213 g/mol. The van der Waals surface area contributed by atoms with Gasteiger partial charge in [-0.1, -0.05) is 0 Å². The molecule has 86 valence electrons. The van der Waals surface area contributed by atoms with Crippen LogP contribution in [0.5, 0.6) is 0 Å². The van der Waals surface area contributed by atoms with Crippen LogP contribution < -0.4 is 0 Å². The third kappa shape index (κ3) is 1.51. The first-order chi connectivity index (χ1) is 7.07. The normalized spacial score (nSPS) is 49.0. The lowest BCUT2D eigenvalue weighted by Crippen LogP contribution is -2.50. The third-order valence-corrected chi connectivity index (χ3v) is 3.73. The van der Waals surface area contributed by atoms with E-state index >= 15 is 0 Å². The molecule has 0 bridgehead atoms. The molecular formula is C11H19NO3. The molecule has 1 N–H and O–H groups in total. The summed E-state index contributed by atoms with van der Waals surface area (Å²) in [5, 5.41) is 10.0. The number of hydrogen-bond acceptors (Lipinski definition) is 4. The Kier molecular flexibility index (Phi) is 2.12. The Labute approximate surface area is 90.2 Å². The maximum atomic E-state index is 10.0. The fourth-order valence-electron chi connectivity index (χ4n) is 3.23. The number of aliphatic hydroxyl groups is 1. The van der Waals surface area contributed by atoms with E-state index in [9.17, 15) is 5.11 Å². The van der Waals surface area contributed by atoms with Crippen LogP contribution >= 0.6 is 0 Å². The second-order valence-corrected chi connectivity index (χ2v) is 5.33. The molecule has 3 rings (SSSR count). The Morgan fingerprint density at radius 3 is 2.93 bits per heavy atom. The second-order valence-electron chi connectivity index (χ2n) is 5.33. The van der Waals surface area contributed by atoms with Crippen LogP contribution in [0.2, 0.25) is 0 Å². The van der Waals surface area contributed by atoms with Crippen molar-refractivity contribution in [2.45, 2.75) is 56.8 Å². The number of aliphatic hydroxyl groups excluding tert-OH is 1. The van der Waals surface area contributed by atoms with Gasteiger partial charge < -0.3 is 14.6 Å². The van der Waals surface area contributed by atoms with Gasteiger partial charge >= 0.3 is 0 Å². The maximum absolute atomic E-state index is 10.0. The number of nitrogens with zero attached hydrogens (tertiary/aromatic N) is 1. The summed E-state index contributed by atoms with van der Waals surface area (Å²) >= 11 is 0. The summed E-state index contributed by atoms with van der Waals surface area (Å²) in [6.07, 6.45) is 1.95. The number of fused-ring (bicyclic) bond motifs is 3. The number of ether oxygens (including phenoxy) is 2. The van der Waals surface area contributed by atoms with Gasteiger partial charge in [-0.05, 0) is 33.2 Å². The van der Waals surface area contributed by atoms with Gasteiger partial charge in [0.2, 0.25) is 0 Å². The summed E-state index contributed by atoms with van der Waals surface area (Å²) in [4.78, 5) is 2.32. The SMILES string of the molecule is CC1(C)OC2CN3CCCC(O)C3C2O1. The van der Waals surface area contributed by atoms with E-state index in [2.05, 4.69) is 4.90 Å². The molecule has 0 aromatic carbocycles. The van der Waals surface area contributed by atoms with Crippen LogP contribution in [-0.4, -0.2) is 53.2 Å². The summed E-state index contributed by atoms with van der Waals surface area (Å²) < 4.78 is 11.7. The van der Waals surface area contributed by atoms with Gasteiger partial charge in [0.15, 0.2) is 5.79 Å². The molecule has 3 heterocycles. The lowest BCUT2D eigenvalue weighted by Gasteiger charge is -2.36. The van der Waals surface area contributed by atoms with E-state index in [4.69, 9.17) is 9.47 Å². The van der Waals surface area contributed by atoms with E-state index in [1.807, 2.05) is 13.8 Å². The maximum Gasteiger partial charge on any atom is 0.163 e. The molecule has 3 aliphatic rings. The average molecular weight is 213 g/mol. The topological polar surface area (TPSA) is 41.9 Å². The molecular weight excluding hydrogens is 194 g/mol. The zero-order valence-electron chi connectivity index (χ0n) is 9.35. The highest BCUT2D eigenvalue weighted by molar-refractivity contribution is 5.04. The predicted octanol–water partition coefficient (Wildman–Crippen LogP) is 0.345. The van der Waals surface area contributed by atoms with Crippen LogP contribution in [0.25, 0.3) is 0 Å². The van der Waals surface area contributed by atoms with E-state index < -0.39 is 5.79 Å². The van der Waals surface area contributed by atoms with Gasteiger partial charge in [-0.2, -0.15) is 0 Å². The van der Waals surface area contributed by atoms with Crippen molar-refractivity contribution in [2.75, 3.05) is 13.1 Å². The van der Waals surface area contributed by atoms with Crippen molar-refractivity contribution in [3.05, 3.63) is 0 Å². The number of rotatable bonds is 0. The molecule has 4 atom stereocenters. The van der Waals surface area contributed by atoms with Crippen molar-refractivity contribution in [1.29, 1.82) is 0 Å². The smallest absolute Gasteiger partial charge is 0.163 e. The van der Waals surface area contributed by atoms with Gasteiger partial charge in [-0.15, -0.1) is 0 Å². The van der Waals surface area contributed by atoms with Crippen LogP contribution in [0.15, 0.2) is 0 Å². The van der Waals surface area contributed by atoms with Crippen molar-refractivity contribution in [3.8, 4) is 0 Å². The number of piperidine rings is 1. The highest BCUT2D eigenvalue weighted by atomic mass is 16.8. The van der Waals surface area contributed by atoms with Crippen molar-refractivity contribution < 1.29 is 14.6 Å². The first-order valence-corrected chi connectivity index (χ1v) is 5.85. The summed E-state index contributed by atoms with van der Waals surface area (Å²) in [6.45, 7) is 5.88. The standard InChI is InChI=1S/C11H19NO3/c1-11(2)14-8-6-12-5-3-4-7(13)9(12)10(8)15-11/h7-10,13H,3-6H2,1-2H3. The minimum Gasteiger partial charge on any atom is -0.391 e. The molecule has 0 amide bonds. The summed E-state index contributed by atoms with van der Waals surface area (Å²) in [5.41, 5.74) is 0. The molecule has 4 nitrogen and oxygen atoms in total. The van der Waals surface area contributed by atoms with Gasteiger partial charge in [-0.3, -0.25) is 4.90 Å². The zero-order chi connectivity index (χ0) is 10.6. The molecule has 0 radical (unpaired) electrons. The van der Waals surface area contributed by atoms with Gasteiger partial charge in [0.05, 0.1) is 12.1 Å². The van der Waals surface area contributed by atoms with E-state index in [1.54, 1.807) is 0 Å². The van der Waals surface area contributed by atoms with Crippen LogP contribution in [0.1, 0.15) is 26.7 Å². The molecule has 0 aliphatic carbocycles. The highest BCUT2D eigenvalue weighted by Crippen LogP contribution is 2.39. The lowest BCUT2D eigenvalue weighted by atomic mass is 9.97. The van der Waals surface area contributed by atoms with E-state index in [0.717, 1.165) is 25.9 Å². The van der Waals surface area contributed by atoms with Gasteiger partial charge in [0, 0.05) is 6.54 Å². The Morgan fingerprint density at radius 1 is 1.33 bits per heavy atom. The first-order valence-electron chi connectivity index (χ1n) is 5.85. The fraction of sp³-hybridized carbons (Fsp3) is 1.00. The summed E-state index contributed by atoms with van der Waals surface area (Å²) in [5.74, 6) is -0.474. The molecule has 0 aromatic heterocycles. The second kappa shape index (κ2) is 3.17. The van der Waals surface area contributed by atoms with Gasteiger partial charge in [0.1, 0.15) is 12.2 Å². The highest BCUT2D eigenvalue weighted by Gasteiger charge is 2.55.